The topological polar surface area (TPSA) is 40.4 Å². The van der Waals surface area contributed by atoms with Crippen LogP contribution in [0.25, 0.3) is 0 Å². The number of carbonyl (C=O) groups is 1. The van der Waals surface area contributed by atoms with Crippen molar-refractivity contribution < 1.29 is 9.53 Å². The molecule has 0 fully saturated rings. The summed E-state index contributed by atoms with van der Waals surface area (Å²) in [6.45, 7) is 0.498. The van der Waals surface area contributed by atoms with Gasteiger partial charge in [0, 0.05) is 12.6 Å². The predicted molar refractivity (Wildman–Crippen MR) is 33.9 cm³/mol. The largest absolute Gasteiger partial charge is 0.461 e. The number of hydrogen-bond donors (Lipinski definition) is 0. The Morgan fingerprint density at radius 3 is 3.30 bits per heavy atom. The summed E-state index contributed by atoms with van der Waals surface area (Å²) in [5.74, 6) is -0.286. The Hall–Kier alpha value is -1.25. The molecule has 3 heteroatoms. The summed E-state index contributed by atoms with van der Waals surface area (Å²) < 4.78 is 4.76. The molecule has 2 rings (SSSR count). The highest BCUT2D eigenvalue weighted by Crippen LogP contribution is 2.20. The van der Waals surface area contributed by atoms with Crippen molar-refractivity contribution in [3.63, 3.8) is 0 Å². The zero-order chi connectivity index (χ0) is 6.97. The maximum atomic E-state index is 10.9. The molecule has 0 aromatic rings. The van der Waals surface area contributed by atoms with Gasteiger partial charge in [-0.1, -0.05) is 0 Å². The van der Waals surface area contributed by atoms with Crippen LogP contribution in [0, 0.1) is 0 Å². The van der Waals surface area contributed by atoms with Crippen molar-refractivity contribution in [1.29, 1.82) is 0 Å². The van der Waals surface area contributed by atoms with Crippen molar-refractivity contribution in [3.8, 4) is 0 Å². The molecule has 10 heavy (non-hydrogen) atoms. The van der Waals surface area contributed by atoms with E-state index in [-0.39, 0.29) is 5.97 Å². The number of rotatable bonds is 0. The molecule has 0 saturated carbocycles. The molecule has 0 unspecified atom stereocenters. The van der Waals surface area contributed by atoms with E-state index in [1.807, 2.05) is 6.08 Å². The second-order valence-electron chi connectivity index (χ2n) is 2.20. The van der Waals surface area contributed by atoms with Crippen molar-refractivity contribution in [2.75, 3.05) is 6.61 Å². The highest BCUT2D eigenvalue weighted by atomic mass is 16.5. The molecule has 2 heterocycles. The first-order valence-corrected chi connectivity index (χ1v) is 3.15. The molecule has 0 spiro atoms. The van der Waals surface area contributed by atoms with Crippen molar-refractivity contribution in [1.82, 2.24) is 5.32 Å². The Balaban J connectivity index is 2.36. The van der Waals surface area contributed by atoms with Crippen LogP contribution in [0.4, 0.5) is 0 Å². The summed E-state index contributed by atoms with van der Waals surface area (Å²) in [4.78, 5) is 10.9. The van der Waals surface area contributed by atoms with Crippen molar-refractivity contribution in [2.24, 2.45) is 0 Å². The van der Waals surface area contributed by atoms with Gasteiger partial charge in [0.25, 0.3) is 0 Å². The van der Waals surface area contributed by atoms with Crippen LogP contribution >= 0.6 is 0 Å². The molecule has 2 aliphatic heterocycles. The minimum Gasteiger partial charge on any atom is -0.461 e. The maximum Gasteiger partial charge on any atom is 0.357 e. The van der Waals surface area contributed by atoms with Gasteiger partial charge in [-0.25, -0.2) is 10.1 Å². The standard InChI is InChI=1S/C7H6NO2/c9-7-6-5(1-3-8-6)2-4-10-7/h1,3H,2,4H2. The zero-order valence-corrected chi connectivity index (χ0v) is 5.33. The van der Waals surface area contributed by atoms with Crippen LogP contribution in [0.15, 0.2) is 23.5 Å². The van der Waals surface area contributed by atoms with Gasteiger partial charge in [0.1, 0.15) is 0 Å². The fourth-order valence-electron chi connectivity index (χ4n) is 1.07. The Morgan fingerprint density at radius 1 is 1.60 bits per heavy atom. The number of allylic oxidation sites excluding steroid dienone is 1. The molecule has 0 aliphatic carbocycles. The number of esters is 1. The molecule has 0 aromatic carbocycles. The number of hydrogen-bond acceptors (Lipinski definition) is 2. The van der Waals surface area contributed by atoms with E-state index in [2.05, 4.69) is 5.32 Å². The van der Waals surface area contributed by atoms with Crippen LogP contribution in [0.2, 0.25) is 0 Å². The Bertz CT molecular complexity index is 240. The van der Waals surface area contributed by atoms with Gasteiger partial charge in [0.2, 0.25) is 0 Å². The first-order valence-electron chi connectivity index (χ1n) is 3.15. The zero-order valence-electron chi connectivity index (χ0n) is 5.33. The van der Waals surface area contributed by atoms with Gasteiger partial charge in [-0.05, 0) is 11.6 Å². The molecule has 0 saturated heterocycles. The highest BCUT2D eigenvalue weighted by molar-refractivity contribution is 5.91. The van der Waals surface area contributed by atoms with Gasteiger partial charge >= 0.3 is 5.97 Å². The second kappa shape index (κ2) is 1.87. The lowest BCUT2D eigenvalue weighted by molar-refractivity contribution is -0.140. The van der Waals surface area contributed by atoms with Crippen molar-refractivity contribution in [2.45, 2.75) is 6.42 Å². The molecule has 0 N–H and O–H groups in total. The SMILES string of the molecule is O=C1OCCC2=C1[N]C=C2. The maximum absolute atomic E-state index is 10.9. The first kappa shape index (κ1) is 5.53. The van der Waals surface area contributed by atoms with E-state index in [0.717, 1.165) is 12.0 Å². The van der Waals surface area contributed by atoms with E-state index >= 15 is 0 Å². The molecule has 1 radical (unpaired) electrons. The molecule has 0 aromatic heterocycles. The smallest absolute Gasteiger partial charge is 0.357 e. The quantitative estimate of drug-likeness (QED) is 0.450. The molecule has 51 valence electrons. The van der Waals surface area contributed by atoms with Gasteiger partial charge < -0.3 is 4.74 Å². The average Bonchev–Trinajstić information content (AvgIpc) is 2.36. The summed E-state index contributed by atoms with van der Waals surface area (Å²) in [5, 5.41) is 3.86. The van der Waals surface area contributed by atoms with E-state index in [4.69, 9.17) is 4.74 Å². The minimum atomic E-state index is -0.286. The van der Waals surface area contributed by atoms with Crippen LogP contribution in [-0.4, -0.2) is 12.6 Å². The molecular weight excluding hydrogens is 130 g/mol. The van der Waals surface area contributed by atoms with Crippen LogP contribution in [0.5, 0.6) is 0 Å². The fourth-order valence-corrected chi connectivity index (χ4v) is 1.07. The summed E-state index contributed by atoms with van der Waals surface area (Å²) in [5.41, 5.74) is 1.50. The average molecular weight is 136 g/mol. The van der Waals surface area contributed by atoms with E-state index < -0.39 is 0 Å². The lowest BCUT2D eigenvalue weighted by Crippen LogP contribution is -2.18. The van der Waals surface area contributed by atoms with Crippen LogP contribution < -0.4 is 5.32 Å². The summed E-state index contributed by atoms with van der Waals surface area (Å²) >= 11 is 0. The number of carbonyl (C=O) groups excluding carboxylic acids is 1. The summed E-state index contributed by atoms with van der Waals surface area (Å²) in [7, 11) is 0. The van der Waals surface area contributed by atoms with Crippen LogP contribution in [0.3, 0.4) is 0 Å². The number of cyclic esters (lactones) is 1. The van der Waals surface area contributed by atoms with E-state index in [0.29, 0.717) is 12.3 Å². The van der Waals surface area contributed by atoms with E-state index in [1.54, 1.807) is 6.20 Å². The van der Waals surface area contributed by atoms with Crippen LogP contribution in [0.1, 0.15) is 6.42 Å². The third-order valence-electron chi connectivity index (χ3n) is 1.58. The van der Waals surface area contributed by atoms with E-state index in [9.17, 15) is 4.79 Å². The molecule has 0 amide bonds. The van der Waals surface area contributed by atoms with E-state index in [1.165, 1.54) is 0 Å². The van der Waals surface area contributed by atoms with Gasteiger partial charge in [0.15, 0.2) is 5.70 Å². The minimum absolute atomic E-state index is 0.286. The number of nitrogens with zero attached hydrogens (tertiary/aromatic N) is 1. The van der Waals surface area contributed by atoms with Crippen LogP contribution in [-0.2, 0) is 9.53 Å². The van der Waals surface area contributed by atoms with Gasteiger partial charge in [-0.3, -0.25) is 0 Å². The Labute approximate surface area is 58.4 Å². The lowest BCUT2D eigenvalue weighted by atomic mass is 10.1. The third kappa shape index (κ3) is 0.635. The number of ether oxygens (including phenoxy) is 1. The molecule has 2 aliphatic rings. The first-order chi connectivity index (χ1) is 4.88. The fraction of sp³-hybridized carbons (Fsp3) is 0.286. The van der Waals surface area contributed by atoms with Crippen molar-refractivity contribution >= 4 is 5.97 Å². The molecule has 0 bridgehead atoms. The lowest BCUT2D eigenvalue weighted by Gasteiger charge is -2.11. The van der Waals surface area contributed by atoms with Gasteiger partial charge in [-0.2, -0.15) is 0 Å². The normalized spacial score (nSPS) is 22.2. The second-order valence-corrected chi connectivity index (χ2v) is 2.20. The molecular formula is C7H6NO2. The van der Waals surface area contributed by atoms with Crippen molar-refractivity contribution in [3.05, 3.63) is 23.5 Å². The monoisotopic (exact) mass is 136 g/mol. The Kier molecular flexibility index (Phi) is 1.03. The van der Waals surface area contributed by atoms with Gasteiger partial charge in [0.05, 0.1) is 6.61 Å². The summed E-state index contributed by atoms with van der Waals surface area (Å²) in [6, 6.07) is 0. The van der Waals surface area contributed by atoms with Gasteiger partial charge in [-0.15, -0.1) is 0 Å². The molecule has 0 atom stereocenters. The third-order valence-corrected chi connectivity index (χ3v) is 1.58. The molecule has 3 nitrogen and oxygen atoms in total. The Morgan fingerprint density at radius 2 is 2.50 bits per heavy atom. The predicted octanol–water partition coefficient (Wildman–Crippen LogP) is 0.319. The summed E-state index contributed by atoms with van der Waals surface area (Å²) in [6.07, 6.45) is 4.30. The highest BCUT2D eigenvalue weighted by Gasteiger charge is 2.23.